The van der Waals surface area contributed by atoms with E-state index in [0.29, 0.717) is 6.54 Å². The fourth-order valence-corrected chi connectivity index (χ4v) is 3.54. The predicted molar refractivity (Wildman–Crippen MR) is 96.4 cm³/mol. The molecule has 1 aromatic carbocycles. The molecule has 1 amide bonds. The number of likely N-dealkylation sites (N-methyl/N-ethyl adjacent to an activating group) is 1. The molecule has 0 aromatic heterocycles. The summed E-state index contributed by atoms with van der Waals surface area (Å²) in [5.41, 5.74) is 3.85. The van der Waals surface area contributed by atoms with Gasteiger partial charge >= 0.3 is 0 Å². The Morgan fingerprint density at radius 2 is 2.09 bits per heavy atom. The molecule has 1 aromatic rings. The minimum Gasteiger partial charge on any atom is -0.368 e. The molecule has 2 aliphatic heterocycles. The zero-order valence-electron chi connectivity index (χ0n) is 13.4. The highest BCUT2D eigenvalue weighted by Crippen LogP contribution is 2.40. The monoisotopic (exact) mass is 373 g/mol. The zero-order valence-corrected chi connectivity index (χ0v) is 15.0. The fraction of sp³-hybridized carbons (Fsp3) is 0.333. The average Bonchev–Trinajstić information content (AvgIpc) is 2.72. The van der Waals surface area contributed by atoms with Gasteiger partial charge in [0.2, 0.25) is 0 Å². The summed E-state index contributed by atoms with van der Waals surface area (Å²) < 4.78 is 1.03. The van der Waals surface area contributed by atoms with Crippen molar-refractivity contribution in [3.63, 3.8) is 0 Å². The summed E-state index contributed by atoms with van der Waals surface area (Å²) in [5, 5.41) is 0. The van der Waals surface area contributed by atoms with Crippen LogP contribution in [-0.2, 0) is 4.79 Å². The van der Waals surface area contributed by atoms with Crippen LogP contribution in [0.25, 0.3) is 0 Å². The van der Waals surface area contributed by atoms with E-state index in [2.05, 4.69) is 39.6 Å². The Hall–Kier alpha value is -1.88. The first-order valence-corrected chi connectivity index (χ1v) is 8.48. The lowest BCUT2D eigenvalue weighted by Gasteiger charge is -2.27. The molecule has 120 valence electrons. The Bertz CT molecular complexity index is 705. The summed E-state index contributed by atoms with van der Waals surface area (Å²) in [5.74, 6) is 0.0618. The summed E-state index contributed by atoms with van der Waals surface area (Å²) in [7, 11) is 1.97. The van der Waals surface area contributed by atoms with Gasteiger partial charge in [-0.25, -0.2) is 0 Å². The molecule has 0 saturated carbocycles. The molecule has 0 bridgehead atoms. The number of halogens is 1. The van der Waals surface area contributed by atoms with Crippen molar-refractivity contribution >= 4 is 27.5 Å². The lowest BCUT2D eigenvalue weighted by atomic mass is 9.96. The summed E-state index contributed by atoms with van der Waals surface area (Å²) >= 11 is 3.47. The van der Waals surface area contributed by atoms with Gasteiger partial charge in [-0.3, -0.25) is 9.79 Å². The first-order chi connectivity index (χ1) is 11.0. The van der Waals surface area contributed by atoms with Gasteiger partial charge in [-0.05, 0) is 24.6 Å². The average molecular weight is 374 g/mol. The molecule has 0 radical (unpaired) electrons. The van der Waals surface area contributed by atoms with Crippen LogP contribution in [0.1, 0.15) is 18.5 Å². The van der Waals surface area contributed by atoms with E-state index in [9.17, 15) is 4.79 Å². The first kappa shape index (κ1) is 16.0. The van der Waals surface area contributed by atoms with E-state index in [-0.39, 0.29) is 11.9 Å². The molecule has 3 rings (SSSR count). The molecule has 0 spiro atoms. The molecule has 0 fully saturated rings. The van der Waals surface area contributed by atoms with E-state index < -0.39 is 0 Å². The highest BCUT2D eigenvalue weighted by atomic mass is 79.9. The van der Waals surface area contributed by atoms with Crippen molar-refractivity contribution in [3.05, 3.63) is 58.2 Å². The van der Waals surface area contributed by atoms with Crippen molar-refractivity contribution in [2.45, 2.75) is 13.0 Å². The maximum absolute atomic E-state index is 13.0. The molecule has 2 heterocycles. The van der Waals surface area contributed by atoms with Crippen molar-refractivity contribution in [2.75, 3.05) is 26.7 Å². The molecule has 23 heavy (non-hydrogen) atoms. The van der Waals surface area contributed by atoms with Gasteiger partial charge in [0.15, 0.2) is 0 Å². The second-order valence-electron chi connectivity index (χ2n) is 5.85. The molecular formula is C18H20BrN3O. The molecule has 2 aliphatic rings. The third-order valence-corrected chi connectivity index (χ3v) is 4.90. The van der Waals surface area contributed by atoms with Crippen molar-refractivity contribution in [2.24, 2.45) is 4.99 Å². The van der Waals surface area contributed by atoms with Gasteiger partial charge in [-0.2, -0.15) is 0 Å². The smallest absolute Gasteiger partial charge is 0.271 e. The third kappa shape index (κ3) is 2.74. The largest absolute Gasteiger partial charge is 0.368 e. The van der Waals surface area contributed by atoms with Crippen LogP contribution in [0.2, 0.25) is 0 Å². The highest BCUT2D eigenvalue weighted by molar-refractivity contribution is 9.10. The summed E-state index contributed by atoms with van der Waals surface area (Å²) in [4.78, 5) is 21.6. The normalized spacial score (nSPS) is 21.3. The summed E-state index contributed by atoms with van der Waals surface area (Å²) in [6.45, 7) is 7.82. The van der Waals surface area contributed by atoms with Gasteiger partial charge in [0.25, 0.3) is 5.91 Å². The number of rotatable bonds is 3. The van der Waals surface area contributed by atoms with Crippen molar-refractivity contribution in [1.82, 2.24) is 9.80 Å². The molecule has 1 unspecified atom stereocenters. The van der Waals surface area contributed by atoms with E-state index in [0.717, 1.165) is 40.1 Å². The van der Waals surface area contributed by atoms with Gasteiger partial charge in [0.05, 0.1) is 12.6 Å². The van der Waals surface area contributed by atoms with Crippen LogP contribution in [0.5, 0.6) is 0 Å². The maximum Gasteiger partial charge on any atom is 0.271 e. The van der Waals surface area contributed by atoms with Crippen LogP contribution in [-0.4, -0.2) is 48.1 Å². The van der Waals surface area contributed by atoms with Crippen LogP contribution in [0.3, 0.4) is 0 Å². The third-order valence-electron chi connectivity index (χ3n) is 4.37. The SMILES string of the molecule is C=CCN1C(=O)C2=C(C(C)=NCCN2C)C1c1ccc(Br)cc1. The second-order valence-corrected chi connectivity index (χ2v) is 6.77. The summed E-state index contributed by atoms with van der Waals surface area (Å²) in [6.07, 6.45) is 1.78. The molecular weight excluding hydrogens is 354 g/mol. The minimum absolute atomic E-state index is 0.0618. The number of nitrogens with zero attached hydrogens (tertiary/aromatic N) is 3. The molecule has 0 aliphatic carbocycles. The van der Waals surface area contributed by atoms with E-state index in [4.69, 9.17) is 0 Å². The standard InChI is InChI=1S/C18H20BrN3O/c1-4-10-22-16(13-5-7-14(19)8-6-13)15-12(2)20-9-11-21(3)17(15)18(22)23/h4-8,16H,1,9-11H2,2-3H3. The van der Waals surface area contributed by atoms with E-state index in [1.165, 1.54) is 0 Å². The van der Waals surface area contributed by atoms with Crippen LogP contribution >= 0.6 is 15.9 Å². The number of carbonyl (C=O) groups is 1. The predicted octanol–water partition coefficient (Wildman–Crippen LogP) is 3.18. The van der Waals surface area contributed by atoms with Gasteiger partial charge in [0.1, 0.15) is 5.70 Å². The maximum atomic E-state index is 13.0. The molecule has 4 nitrogen and oxygen atoms in total. The molecule has 1 atom stereocenters. The van der Waals surface area contributed by atoms with Crippen molar-refractivity contribution in [1.29, 1.82) is 0 Å². The van der Waals surface area contributed by atoms with Gasteiger partial charge in [0, 0.05) is 35.9 Å². The number of aliphatic imine (C=N–C) groups is 1. The second kappa shape index (κ2) is 6.32. The topological polar surface area (TPSA) is 35.9 Å². The number of amides is 1. The Balaban J connectivity index is 2.16. The lowest BCUT2D eigenvalue weighted by molar-refractivity contribution is -0.127. The molecule has 5 heteroatoms. The van der Waals surface area contributed by atoms with Gasteiger partial charge < -0.3 is 9.80 Å². The molecule has 0 saturated heterocycles. The van der Waals surface area contributed by atoms with Gasteiger partial charge in [-0.1, -0.05) is 34.1 Å². The Labute approximate surface area is 145 Å². The van der Waals surface area contributed by atoms with E-state index in [1.54, 1.807) is 6.08 Å². The zero-order chi connectivity index (χ0) is 16.6. The first-order valence-electron chi connectivity index (χ1n) is 7.68. The Kier molecular flexibility index (Phi) is 4.39. The Morgan fingerprint density at radius 3 is 2.74 bits per heavy atom. The van der Waals surface area contributed by atoms with Crippen molar-refractivity contribution in [3.8, 4) is 0 Å². The Morgan fingerprint density at radius 1 is 1.39 bits per heavy atom. The van der Waals surface area contributed by atoms with E-state index in [1.807, 2.05) is 35.9 Å². The number of carbonyl (C=O) groups excluding carboxylic acids is 1. The highest BCUT2D eigenvalue weighted by Gasteiger charge is 2.42. The van der Waals surface area contributed by atoms with Crippen LogP contribution in [0.15, 0.2) is 57.7 Å². The van der Waals surface area contributed by atoms with Crippen LogP contribution in [0.4, 0.5) is 0 Å². The van der Waals surface area contributed by atoms with Crippen molar-refractivity contribution < 1.29 is 4.79 Å². The van der Waals surface area contributed by atoms with Gasteiger partial charge in [-0.15, -0.1) is 6.58 Å². The quantitative estimate of drug-likeness (QED) is 0.762. The van der Waals surface area contributed by atoms with Crippen LogP contribution < -0.4 is 0 Å². The van der Waals surface area contributed by atoms with Crippen LogP contribution in [0, 0.1) is 0 Å². The number of benzene rings is 1. The minimum atomic E-state index is -0.104. The summed E-state index contributed by atoms with van der Waals surface area (Å²) in [6, 6.07) is 8.04. The lowest BCUT2D eigenvalue weighted by Crippen LogP contribution is -2.34. The van der Waals surface area contributed by atoms with E-state index >= 15 is 0 Å². The number of hydrogen-bond acceptors (Lipinski definition) is 3. The molecule has 0 N–H and O–H groups in total. The fourth-order valence-electron chi connectivity index (χ4n) is 3.28. The number of hydrogen-bond donors (Lipinski definition) is 0.